The first-order valence-electron chi connectivity index (χ1n) is 21.2. The minimum absolute atomic E-state index is 0.0244. The zero-order chi connectivity index (χ0) is 46.4. The summed E-state index contributed by atoms with van der Waals surface area (Å²) in [5.74, 6) is -10.1. The third-order valence-corrected chi connectivity index (χ3v) is 14.1. The lowest BCUT2D eigenvalue weighted by molar-refractivity contribution is -0.350. The first kappa shape index (κ1) is 47.0. The molecule has 3 saturated carbocycles. The monoisotopic (exact) mass is 875 g/mol. The Balaban J connectivity index is 1.53. The van der Waals surface area contributed by atoms with Crippen molar-refractivity contribution in [1.29, 1.82) is 0 Å². The van der Waals surface area contributed by atoms with E-state index in [2.05, 4.69) is 5.32 Å². The molecule has 3 N–H and O–H groups in total. The fraction of sp³-hybridized carbons (Fsp3) is 0.553. The second kappa shape index (κ2) is 17.6. The molecule has 1 saturated heterocycles. The molecule has 16 nitrogen and oxygen atoms in total. The topological polar surface area (TPSA) is 227 Å². The van der Waals surface area contributed by atoms with Crippen LogP contribution in [-0.2, 0) is 52.5 Å². The molecular formula is C47H57NO15. The number of aliphatic hydroxyl groups is 2. The van der Waals surface area contributed by atoms with Crippen molar-refractivity contribution >= 4 is 41.4 Å². The Morgan fingerprint density at radius 1 is 0.984 bits per heavy atom. The summed E-state index contributed by atoms with van der Waals surface area (Å²) in [6.45, 7) is 11.6. The van der Waals surface area contributed by atoms with Gasteiger partial charge in [0.05, 0.1) is 36.7 Å². The molecule has 4 aliphatic rings. The average Bonchev–Trinajstić information content (AvgIpc) is 3.25. The van der Waals surface area contributed by atoms with E-state index < -0.39 is 124 Å². The highest BCUT2D eigenvalue weighted by atomic mass is 16.6. The molecule has 1 amide bonds. The van der Waals surface area contributed by atoms with Crippen LogP contribution in [0.5, 0.6) is 5.75 Å². The maximum Gasteiger partial charge on any atom is 0.338 e. The van der Waals surface area contributed by atoms with Crippen molar-refractivity contribution in [3.63, 3.8) is 0 Å². The Labute approximate surface area is 365 Å². The number of Topliss-reactive ketones (excluding diaryl/α,β-unsaturated/α-hetero) is 2. The highest BCUT2D eigenvalue weighted by Gasteiger charge is 2.80. The highest BCUT2D eigenvalue weighted by Crippen LogP contribution is 2.65. The molecule has 2 aromatic carbocycles. The molecule has 16 heteroatoms. The predicted octanol–water partition coefficient (Wildman–Crippen LogP) is 3.93. The number of benzene rings is 2. The molecule has 340 valence electrons. The van der Waals surface area contributed by atoms with Gasteiger partial charge in [-0.2, -0.15) is 0 Å². The van der Waals surface area contributed by atoms with Crippen LogP contribution in [0.15, 0.2) is 66.2 Å². The van der Waals surface area contributed by atoms with Crippen LogP contribution in [0.4, 0.5) is 0 Å². The molecule has 1 aliphatic heterocycles. The Hall–Kier alpha value is -5.45. The summed E-state index contributed by atoms with van der Waals surface area (Å²) in [4.78, 5) is 98.5. The third-order valence-electron chi connectivity index (χ3n) is 14.1. The van der Waals surface area contributed by atoms with E-state index in [1.807, 2.05) is 0 Å². The molecule has 0 aromatic heterocycles. The van der Waals surface area contributed by atoms with Crippen LogP contribution in [0.1, 0.15) is 96.6 Å². The van der Waals surface area contributed by atoms with Gasteiger partial charge in [-0.05, 0) is 44.5 Å². The molecule has 1 heterocycles. The largest absolute Gasteiger partial charge is 0.497 e. The van der Waals surface area contributed by atoms with Gasteiger partial charge in [-0.1, -0.05) is 70.2 Å². The van der Waals surface area contributed by atoms with Crippen molar-refractivity contribution in [3.8, 4) is 5.75 Å². The van der Waals surface area contributed by atoms with E-state index in [4.69, 9.17) is 28.4 Å². The van der Waals surface area contributed by atoms with Crippen LogP contribution >= 0.6 is 0 Å². The summed E-state index contributed by atoms with van der Waals surface area (Å²) in [6.07, 6.45) is -7.04. The van der Waals surface area contributed by atoms with Gasteiger partial charge in [0.15, 0.2) is 11.7 Å². The van der Waals surface area contributed by atoms with Gasteiger partial charge >= 0.3 is 23.9 Å². The SMILES string of the molecule is CC=C(C)C(=O)N[C@@H](c1ccccc1)[C@@H](O)C(=O)O[C@H]1C[C@@]2(O)[C@@H](OC(=O)c3cccc(OC)c3)C3[C@](C)(C(=O)C(=O)C(C1C)C2(C)C)[C@@H](OC(=O)CC)C[C@H]1OC[C@@]31OC(C)=O. The molecule has 6 rings (SSSR count). The minimum atomic E-state index is -2.42. The van der Waals surface area contributed by atoms with E-state index in [0.29, 0.717) is 16.9 Å². The standard InChI is InChI=1S/C47H57NO15/c1-10-24(3)41(54)48-35(27-16-13-12-14-17-27)37(52)43(56)60-30-22-47(57)40(62-42(55)28-18-15-19-29(20-28)58-9)38-45(8,39(53)36(51)34(25(30)4)44(47,6)7)31(61-33(50)11-2)21-32-46(38,23-59-32)63-26(5)49/h10,12-20,25,30-32,34-35,37-38,40,52,57H,11,21-23H2,1-9H3,(H,48,54)/t25?,30-,31-,32+,34?,35-,37+,38?,40-,45+,46-,47+/m0/s1. The van der Waals surface area contributed by atoms with Crippen LogP contribution in [-0.4, -0.2) is 107 Å². The van der Waals surface area contributed by atoms with Gasteiger partial charge in [0.2, 0.25) is 17.5 Å². The van der Waals surface area contributed by atoms with Gasteiger partial charge < -0.3 is 44.0 Å². The van der Waals surface area contributed by atoms with Gasteiger partial charge in [-0.15, -0.1) is 0 Å². The van der Waals surface area contributed by atoms with Gasteiger partial charge in [-0.3, -0.25) is 24.0 Å². The van der Waals surface area contributed by atoms with Crippen LogP contribution in [0, 0.1) is 28.6 Å². The number of esters is 4. The second-order valence-electron chi connectivity index (χ2n) is 17.9. The van der Waals surface area contributed by atoms with E-state index in [-0.39, 0.29) is 25.0 Å². The number of ketones is 2. The number of carbonyl (C=O) groups excluding carboxylic acids is 7. The molecule has 0 radical (unpaired) electrons. The number of methoxy groups -OCH3 is 1. The summed E-state index contributed by atoms with van der Waals surface area (Å²) in [6, 6.07) is 12.9. The van der Waals surface area contributed by atoms with Crippen LogP contribution in [0.25, 0.3) is 0 Å². The Kier molecular flexibility index (Phi) is 13.1. The number of rotatable bonds is 12. The fourth-order valence-electron chi connectivity index (χ4n) is 10.4. The molecule has 4 fully saturated rings. The van der Waals surface area contributed by atoms with Crippen molar-refractivity contribution in [3.05, 3.63) is 77.4 Å². The second-order valence-corrected chi connectivity index (χ2v) is 17.9. The lowest BCUT2D eigenvalue weighted by atomic mass is 9.42. The number of aliphatic hydroxyl groups excluding tert-OH is 1. The lowest BCUT2D eigenvalue weighted by Gasteiger charge is -2.68. The third kappa shape index (κ3) is 7.94. The summed E-state index contributed by atoms with van der Waals surface area (Å²) in [7, 11) is 1.40. The Bertz CT molecular complexity index is 2190. The van der Waals surface area contributed by atoms with Gasteiger partial charge in [0, 0.05) is 49.0 Å². The van der Waals surface area contributed by atoms with E-state index >= 15 is 9.59 Å². The first-order valence-corrected chi connectivity index (χ1v) is 21.2. The number of amides is 1. The zero-order valence-corrected chi connectivity index (χ0v) is 37.0. The lowest BCUT2D eigenvalue weighted by Crippen LogP contribution is -2.83. The first-order chi connectivity index (χ1) is 29.6. The number of nitrogens with one attached hydrogen (secondary N) is 1. The molecule has 0 spiro atoms. The quantitative estimate of drug-likeness (QED) is 0.119. The number of fused-ring (bicyclic) bond motifs is 5. The van der Waals surface area contributed by atoms with E-state index in [1.54, 1.807) is 76.2 Å². The number of hydrogen-bond donors (Lipinski definition) is 3. The van der Waals surface area contributed by atoms with Crippen molar-refractivity contribution < 1.29 is 72.2 Å². The van der Waals surface area contributed by atoms with Crippen molar-refractivity contribution in [1.82, 2.24) is 5.32 Å². The maximum absolute atomic E-state index is 15.4. The summed E-state index contributed by atoms with van der Waals surface area (Å²) >= 11 is 0. The van der Waals surface area contributed by atoms with Crippen molar-refractivity contribution in [2.75, 3.05) is 13.7 Å². The molecular weight excluding hydrogens is 819 g/mol. The molecule has 3 aliphatic carbocycles. The number of ether oxygens (including phenoxy) is 6. The molecule has 63 heavy (non-hydrogen) atoms. The summed E-state index contributed by atoms with van der Waals surface area (Å²) < 4.78 is 35.9. The molecule has 2 bridgehead atoms. The normalized spacial score (nSPS) is 33.0. The van der Waals surface area contributed by atoms with Gasteiger partial charge in [-0.25, -0.2) is 9.59 Å². The minimum Gasteiger partial charge on any atom is -0.497 e. The highest BCUT2D eigenvalue weighted by molar-refractivity contribution is 6.40. The van der Waals surface area contributed by atoms with E-state index in [1.165, 1.54) is 40.0 Å². The van der Waals surface area contributed by atoms with Crippen LogP contribution in [0.3, 0.4) is 0 Å². The van der Waals surface area contributed by atoms with Gasteiger partial charge in [0.1, 0.15) is 35.8 Å². The molecule has 3 unspecified atom stereocenters. The Morgan fingerprint density at radius 3 is 2.25 bits per heavy atom. The summed E-state index contributed by atoms with van der Waals surface area (Å²) in [5.41, 5.74) is -7.36. The van der Waals surface area contributed by atoms with Crippen LogP contribution in [0.2, 0.25) is 0 Å². The Morgan fingerprint density at radius 2 is 1.67 bits per heavy atom. The zero-order valence-electron chi connectivity index (χ0n) is 37.0. The molecule has 2 aromatic rings. The van der Waals surface area contributed by atoms with Crippen LogP contribution < -0.4 is 10.1 Å². The summed E-state index contributed by atoms with van der Waals surface area (Å²) in [5, 5.41) is 28.1. The maximum atomic E-state index is 15.4. The van der Waals surface area contributed by atoms with Crippen molar-refractivity contribution in [2.24, 2.45) is 28.6 Å². The van der Waals surface area contributed by atoms with Gasteiger partial charge in [0.25, 0.3) is 0 Å². The van der Waals surface area contributed by atoms with E-state index in [9.17, 15) is 34.2 Å². The smallest absolute Gasteiger partial charge is 0.338 e. The predicted molar refractivity (Wildman–Crippen MR) is 221 cm³/mol. The fourth-order valence-corrected chi connectivity index (χ4v) is 10.4. The number of carbonyl (C=O) groups is 7. The average molecular weight is 876 g/mol. The molecule has 12 atom stereocenters. The number of hydrogen-bond acceptors (Lipinski definition) is 15. The van der Waals surface area contributed by atoms with Crippen molar-refractivity contribution in [2.45, 2.75) is 122 Å². The number of allylic oxidation sites excluding steroid dienone is 1. The van der Waals surface area contributed by atoms with E-state index in [0.717, 1.165) is 6.92 Å².